The van der Waals surface area contributed by atoms with E-state index >= 15 is 0 Å². The van der Waals surface area contributed by atoms with Gasteiger partial charge in [-0.3, -0.25) is 4.79 Å². The summed E-state index contributed by atoms with van der Waals surface area (Å²) in [5, 5.41) is 0. The highest BCUT2D eigenvalue weighted by Crippen LogP contribution is 2.09. The third-order valence-corrected chi connectivity index (χ3v) is 2.90. The van der Waals surface area contributed by atoms with Gasteiger partial charge < -0.3 is 4.74 Å². The minimum atomic E-state index is -0.0466. The lowest BCUT2D eigenvalue weighted by Crippen LogP contribution is -2.03. The van der Waals surface area contributed by atoms with Crippen LogP contribution in [0.2, 0.25) is 0 Å². The van der Waals surface area contributed by atoms with Gasteiger partial charge in [-0.25, -0.2) is 0 Å². The largest absolute Gasteiger partial charge is 0.466 e. The monoisotopic (exact) mass is 338 g/mol. The van der Waals surface area contributed by atoms with Crippen molar-refractivity contribution in [3.63, 3.8) is 0 Å². The highest BCUT2D eigenvalue weighted by molar-refractivity contribution is 14.1. The van der Waals surface area contributed by atoms with Crippen molar-refractivity contribution in [2.45, 2.75) is 58.3 Å². The topological polar surface area (TPSA) is 26.3 Å². The summed E-state index contributed by atoms with van der Waals surface area (Å²) in [6, 6.07) is 0. The number of allylic oxidation sites excluding steroid dienone is 1. The number of hydrogen-bond acceptors (Lipinski definition) is 2. The molecule has 0 bridgehead atoms. The van der Waals surface area contributed by atoms with Crippen LogP contribution < -0.4 is 0 Å². The average Bonchev–Trinajstić information content (AvgIpc) is 2.27. The third kappa shape index (κ3) is 12.0. The smallest absolute Gasteiger partial charge is 0.305 e. The Morgan fingerprint density at radius 2 is 1.75 bits per heavy atom. The average molecular weight is 338 g/mol. The number of esters is 1. The molecule has 94 valence electrons. The molecule has 16 heavy (non-hydrogen) atoms. The van der Waals surface area contributed by atoms with Crippen molar-refractivity contribution >= 4 is 28.6 Å². The molecule has 0 aliphatic carbocycles. The van der Waals surface area contributed by atoms with Gasteiger partial charge in [-0.2, -0.15) is 0 Å². The first-order valence-corrected chi connectivity index (χ1v) is 7.46. The first-order chi connectivity index (χ1) is 7.81. The number of halogens is 1. The van der Waals surface area contributed by atoms with Gasteiger partial charge in [0.25, 0.3) is 0 Å². The Bertz CT molecular complexity index is 190. The standard InChI is InChI=1S/C13H23IO2/c1-2-16-13(15)11-9-7-5-3-4-6-8-10-12-14/h10,12H,2-9,11H2,1H3/b12-10-. The van der Waals surface area contributed by atoms with E-state index in [0.717, 1.165) is 12.8 Å². The van der Waals surface area contributed by atoms with Crippen LogP contribution in [0.5, 0.6) is 0 Å². The van der Waals surface area contributed by atoms with Gasteiger partial charge >= 0.3 is 5.97 Å². The molecule has 0 unspecified atom stereocenters. The summed E-state index contributed by atoms with van der Waals surface area (Å²) in [6.07, 6.45) is 11.3. The van der Waals surface area contributed by atoms with Crippen LogP contribution in [0.3, 0.4) is 0 Å². The summed E-state index contributed by atoms with van der Waals surface area (Å²) in [7, 11) is 0. The van der Waals surface area contributed by atoms with Gasteiger partial charge in [0.15, 0.2) is 0 Å². The van der Waals surface area contributed by atoms with E-state index in [2.05, 4.69) is 32.7 Å². The van der Waals surface area contributed by atoms with Crippen LogP contribution >= 0.6 is 22.6 Å². The maximum absolute atomic E-state index is 11.0. The molecule has 3 heteroatoms. The predicted molar refractivity (Wildman–Crippen MR) is 76.7 cm³/mol. The lowest BCUT2D eigenvalue weighted by atomic mass is 10.1. The Labute approximate surface area is 113 Å². The summed E-state index contributed by atoms with van der Waals surface area (Å²) >= 11 is 2.26. The van der Waals surface area contributed by atoms with E-state index in [4.69, 9.17) is 4.74 Å². The molecular formula is C13H23IO2. The Balaban J connectivity index is 3.06. The normalized spacial score (nSPS) is 10.9. The molecule has 0 saturated heterocycles. The molecule has 0 atom stereocenters. The summed E-state index contributed by atoms with van der Waals surface area (Å²) in [4.78, 5) is 11.0. The molecule has 0 aliphatic heterocycles. The first-order valence-electron chi connectivity index (χ1n) is 6.22. The van der Waals surface area contributed by atoms with Gasteiger partial charge in [0, 0.05) is 6.42 Å². The summed E-state index contributed by atoms with van der Waals surface area (Å²) in [6.45, 7) is 2.35. The predicted octanol–water partition coefficient (Wildman–Crippen LogP) is 4.62. The van der Waals surface area contributed by atoms with Gasteiger partial charge in [-0.05, 0) is 30.3 Å². The molecule has 0 heterocycles. The van der Waals surface area contributed by atoms with E-state index in [1.807, 2.05) is 6.92 Å². The van der Waals surface area contributed by atoms with Gasteiger partial charge in [-0.1, -0.05) is 54.4 Å². The van der Waals surface area contributed by atoms with Crippen LogP contribution in [0.15, 0.2) is 10.2 Å². The van der Waals surface area contributed by atoms with Crippen molar-refractivity contribution in [1.82, 2.24) is 0 Å². The van der Waals surface area contributed by atoms with Crippen LogP contribution in [0.25, 0.3) is 0 Å². The van der Waals surface area contributed by atoms with Gasteiger partial charge in [-0.15, -0.1) is 0 Å². The lowest BCUT2D eigenvalue weighted by molar-refractivity contribution is -0.143. The van der Waals surface area contributed by atoms with E-state index in [1.165, 1.54) is 32.1 Å². The molecule has 0 aromatic rings. The number of carbonyl (C=O) groups is 1. The SMILES string of the molecule is CCOC(=O)CCCCCCCC/C=C\I. The van der Waals surface area contributed by atoms with E-state index in [0.29, 0.717) is 13.0 Å². The first kappa shape index (κ1) is 15.9. The van der Waals surface area contributed by atoms with Crippen LogP contribution in [0.4, 0.5) is 0 Å². The van der Waals surface area contributed by atoms with Crippen LogP contribution in [0.1, 0.15) is 58.3 Å². The fraction of sp³-hybridized carbons (Fsp3) is 0.769. The fourth-order valence-corrected chi connectivity index (χ4v) is 1.89. The molecule has 0 spiro atoms. The molecule has 0 amide bonds. The highest BCUT2D eigenvalue weighted by atomic mass is 127. The molecule has 0 N–H and O–H groups in total. The Hall–Kier alpha value is -0.0600. The van der Waals surface area contributed by atoms with Crippen molar-refractivity contribution in [3.8, 4) is 0 Å². The number of carbonyl (C=O) groups excluding carboxylic acids is 1. The number of hydrogen-bond donors (Lipinski definition) is 0. The molecule has 0 aliphatic rings. The van der Waals surface area contributed by atoms with Crippen molar-refractivity contribution in [1.29, 1.82) is 0 Å². The van der Waals surface area contributed by atoms with Gasteiger partial charge in [0.1, 0.15) is 0 Å². The Kier molecular flexibility index (Phi) is 13.0. The number of ether oxygens (including phenoxy) is 1. The molecular weight excluding hydrogens is 315 g/mol. The molecule has 0 fully saturated rings. The van der Waals surface area contributed by atoms with Crippen molar-refractivity contribution in [2.75, 3.05) is 6.61 Å². The zero-order valence-corrected chi connectivity index (χ0v) is 12.4. The second kappa shape index (κ2) is 13.0. The highest BCUT2D eigenvalue weighted by Gasteiger charge is 2.00. The number of rotatable bonds is 10. The summed E-state index contributed by atoms with van der Waals surface area (Å²) in [5.74, 6) is -0.0466. The molecule has 0 aromatic carbocycles. The Morgan fingerprint density at radius 3 is 2.38 bits per heavy atom. The number of unbranched alkanes of at least 4 members (excludes halogenated alkanes) is 6. The molecule has 0 rings (SSSR count). The van der Waals surface area contributed by atoms with Crippen LogP contribution in [-0.4, -0.2) is 12.6 Å². The van der Waals surface area contributed by atoms with E-state index < -0.39 is 0 Å². The summed E-state index contributed by atoms with van der Waals surface area (Å²) in [5.41, 5.74) is 0. The van der Waals surface area contributed by atoms with Crippen LogP contribution in [0, 0.1) is 0 Å². The second-order valence-electron chi connectivity index (χ2n) is 3.83. The van der Waals surface area contributed by atoms with E-state index in [1.54, 1.807) is 0 Å². The maximum Gasteiger partial charge on any atom is 0.305 e. The van der Waals surface area contributed by atoms with Crippen molar-refractivity contribution < 1.29 is 9.53 Å². The van der Waals surface area contributed by atoms with Gasteiger partial charge in [0.2, 0.25) is 0 Å². The minimum absolute atomic E-state index is 0.0466. The molecule has 2 nitrogen and oxygen atoms in total. The zero-order chi connectivity index (χ0) is 12.1. The molecule has 0 aromatic heterocycles. The Morgan fingerprint density at radius 1 is 1.12 bits per heavy atom. The van der Waals surface area contributed by atoms with Crippen LogP contribution in [-0.2, 0) is 9.53 Å². The maximum atomic E-state index is 11.0. The lowest BCUT2D eigenvalue weighted by Gasteiger charge is -2.02. The third-order valence-electron chi connectivity index (χ3n) is 2.40. The molecule has 0 saturated carbocycles. The zero-order valence-electron chi connectivity index (χ0n) is 10.2. The van der Waals surface area contributed by atoms with Gasteiger partial charge in [0.05, 0.1) is 6.61 Å². The van der Waals surface area contributed by atoms with E-state index in [-0.39, 0.29) is 5.97 Å². The van der Waals surface area contributed by atoms with E-state index in [9.17, 15) is 4.79 Å². The second-order valence-corrected chi connectivity index (χ2v) is 4.55. The fourth-order valence-electron chi connectivity index (χ4n) is 1.53. The van der Waals surface area contributed by atoms with Crippen molar-refractivity contribution in [2.24, 2.45) is 0 Å². The molecule has 0 radical (unpaired) electrons. The van der Waals surface area contributed by atoms with Crippen molar-refractivity contribution in [3.05, 3.63) is 10.2 Å². The quantitative estimate of drug-likeness (QED) is 0.330. The minimum Gasteiger partial charge on any atom is -0.466 e. The summed E-state index contributed by atoms with van der Waals surface area (Å²) < 4.78 is 6.95.